The van der Waals surface area contributed by atoms with Gasteiger partial charge in [-0.05, 0) is 17.8 Å². The third-order valence-electron chi connectivity index (χ3n) is 4.67. The van der Waals surface area contributed by atoms with Crippen molar-refractivity contribution < 1.29 is 19.5 Å². The predicted octanol–water partition coefficient (Wildman–Crippen LogP) is 0.716. The molecule has 0 bridgehead atoms. The lowest BCUT2D eigenvalue weighted by Crippen LogP contribution is -2.58. The quantitative estimate of drug-likeness (QED) is 0.800. The van der Waals surface area contributed by atoms with Crippen LogP contribution < -0.4 is 5.32 Å². The molecule has 1 saturated heterocycles. The van der Waals surface area contributed by atoms with Gasteiger partial charge in [0.15, 0.2) is 0 Å². The van der Waals surface area contributed by atoms with Gasteiger partial charge in [0.1, 0.15) is 6.04 Å². The lowest BCUT2D eigenvalue weighted by atomic mass is 9.99. The molecule has 2 fully saturated rings. The number of aliphatic carboxylic acids is 1. The van der Waals surface area contributed by atoms with Crippen molar-refractivity contribution in [3.63, 3.8) is 0 Å². The van der Waals surface area contributed by atoms with E-state index in [1.807, 2.05) is 13.8 Å². The second kappa shape index (κ2) is 5.31. The molecular weight excluding hydrogens is 272 g/mol. The highest BCUT2D eigenvalue weighted by Crippen LogP contribution is 2.59. The average Bonchev–Trinajstić information content (AvgIpc) is 2.94. The van der Waals surface area contributed by atoms with Crippen molar-refractivity contribution in [1.82, 2.24) is 10.2 Å². The van der Waals surface area contributed by atoms with Gasteiger partial charge in [0.25, 0.3) is 0 Å². The van der Waals surface area contributed by atoms with Crippen LogP contribution in [0.1, 0.15) is 34.1 Å². The van der Waals surface area contributed by atoms with Crippen molar-refractivity contribution in [2.45, 2.75) is 40.2 Å². The second-order valence-corrected chi connectivity index (χ2v) is 7.08. The number of amides is 2. The molecule has 1 unspecified atom stereocenters. The van der Waals surface area contributed by atoms with Crippen LogP contribution in [0.3, 0.4) is 0 Å². The third kappa shape index (κ3) is 2.76. The maximum atomic E-state index is 12.7. The van der Waals surface area contributed by atoms with Gasteiger partial charge < -0.3 is 15.3 Å². The fourth-order valence-electron chi connectivity index (χ4n) is 3.40. The molecular formula is C15H24N2O4. The molecule has 6 heteroatoms. The number of carbonyl (C=O) groups is 3. The summed E-state index contributed by atoms with van der Waals surface area (Å²) in [5.74, 6) is -2.12. The summed E-state index contributed by atoms with van der Waals surface area (Å²) in [6.45, 7) is 8.51. The first-order chi connectivity index (χ1) is 9.67. The van der Waals surface area contributed by atoms with E-state index in [1.165, 1.54) is 0 Å². The number of carboxylic acid groups (broad SMARTS) is 1. The summed E-state index contributed by atoms with van der Waals surface area (Å²) in [7, 11) is 0. The van der Waals surface area contributed by atoms with Crippen LogP contribution in [0.4, 0.5) is 0 Å². The summed E-state index contributed by atoms with van der Waals surface area (Å²) < 4.78 is 0. The lowest BCUT2D eigenvalue weighted by Gasteiger charge is -2.36. The van der Waals surface area contributed by atoms with Gasteiger partial charge in [-0.3, -0.25) is 14.4 Å². The van der Waals surface area contributed by atoms with Crippen molar-refractivity contribution in [3.05, 3.63) is 0 Å². The first kappa shape index (κ1) is 15.8. The summed E-state index contributed by atoms with van der Waals surface area (Å²) in [5.41, 5.74) is -0.529. The molecule has 2 N–H and O–H groups in total. The van der Waals surface area contributed by atoms with E-state index in [0.717, 1.165) is 0 Å². The Kier molecular flexibility index (Phi) is 4.00. The van der Waals surface area contributed by atoms with E-state index in [-0.39, 0.29) is 17.7 Å². The Hall–Kier alpha value is -1.59. The first-order valence-corrected chi connectivity index (χ1v) is 7.49. The van der Waals surface area contributed by atoms with Crippen LogP contribution in [0.25, 0.3) is 0 Å². The minimum atomic E-state index is -0.930. The molecule has 2 amide bonds. The largest absolute Gasteiger partial charge is 0.481 e. The zero-order valence-electron chi connectivity index (χ0n) is 13.0. The zero-order valence-corrected chi connectivity index (χ0v) is 13.0. The van der Waals surface area contributed by atoms with E-state index in [4.69, 9.17) is 0 Å². The number of rotatable bonds is 4. The molecule has 0 spiro atoms. The molecule has 2 aliphatic rings. The molecule has 118 valence electrons. The Morgan fingerprint density at radius 2 is 2.00 bits per heavy atom. The molecule has 0 aromatic rings. The van der Waals surface area contributed by atoms with Crippen molar-refractivity contribution in [2.75, 3.05) is 13.1 Å². The number of carbonyl (C=O) groups excluding carboxylic acids is 2. The van der Waals surface area contributed by atoms with Crippen LogP contribution in [0.5, 0.6) is 0 Å². The molecule has 0 radical (unpaired) electrons. The SMILES string of the molecule is CC(C)CC1C(=O)NCCN1C(=O)[C@@H]1[C@H](C(=O)O)C1(C)C. The van der Waals surface area contributed by atoms with Crippen LogP contribution in [-0.4, -0.2) is 46.9 Å². The van der Waals surface area contributed by atoms with Gasteiger partial charge in [-0.25, -0.2) is 0 Å². The van der Waals surface area contributed by atoms with E-state index in [0.29, 0.717) is 19.5 Å². The van der Waals surface area contributed by atoms with E-state index in [2.05, 4.69) is 5.32 Å². The summed E-state index contributed by atoms with van der Waals surface area (Å²) in [6, 6.07) is -0.475. The normalized spacial score (nSPS) is 31.0. The van der Waals surface area contributed by atoms with Crippen LogP contribution in [0, 0.1) is 23.2 Å². The van der Waals surface area contributed by atoms with Crippen molar-refractivity contribution in [1.29, 1.82) is 0 Å². The van der Waals surface area contributed by atoms with Crippen molar-refractivity contribution in [3.8, 4) is 0 Å². The number of hydrogen-bond acceptors (Lipinski definition) is 3. The number of piperazine rings is 1. The van der Waals surface area contributed by atoms with Crippen molar-refractivity contribution >= 4 is 17.8 Å². The Labute approximate surface area is 124 Å². The second-order valence-electron chi connectivity index (χ2n) is 7.08. The highest BCUT2D eigenvalue weighted by atomic mass is 16.4. The molecule has 0 aromatic heterocycles. The standard InChI is InChI=1S/C15H24N2O4/c1-8(2)7-9-12(18)16-5-6-17(9)13(19)10-11(14(20)21)15(10,3)4/h8-11H,5-7H2,1-4H3,(H,16,18)(H,20,21)/t9?,10-,11+/m0/s1. The fraction of sp³-hybridized carbons (Fsp3) is 0.800. The minimum absolute atomic E-state index is 0.131. The highest BCUT2D eigenvalue weighted by molar-refractivity contribution is 5.95. The number of carboxylic acids is 1. The third-order valence-corrected chi connectivity index (χ3v) is 4.67. The monoisotopic (exact) mass is 296 g/mol. The molecule has 3 atom stereocenters. The van der Waals surface area contributed by atoms with Gasteiger partial charge in [0.05, 0.1) is 11.8 Å². The summed E-state index contributed by atoms with van der Waals surface area (Å²) >= 11 is 0. The molecule has 1 saturated carbocycles. The van der Waals surface area contributed by atoms with Crippen molar-refractivity contribution in [2.24, 2.45) is 23.2 Å². The van der Waals surface area contributed by atoms with Gasteiger partial charge in [-0.15, -0.1) is 0 Å². The van der Waals surface area contributed by atoms with Crippen LogP contribution in [0.2, 0.25) is 0 Å². The Balaban J connectivity index is 2.17. The Bertz CT molecular complexity index is 472. The zero-order chi connectivity index (χ0) is 15.9. The molecule has 2 rings (SSSR count). The van der Waals surface area contributed by atoms with Crippen LogP contribution >= 0.6 is 0 Å². The predicted molar refractivity (Wildman–Crippen MR) is 76.4 cm³/mol. The average molecular weight is 296 g/mol. The van der Waals surface area contributed by atoms with Gasteiger partial charge in [-0.2, -0.15) is 0 Å². The molecule has 1 aliphatic carbocycles. The van der Waals surface area contributed by atoms with Crippen LogP contribution in [0.15, 0.2) is 0 Å². The topological polar surface area (TPSA) is 86.7 Å². The maximum Gasteiger partial charge on any atom is 0.307 e. The molecule has 1 heterocycles. The fourth-order valence-corrected chi connectivity index (χ4v) is 3.40. The summed E-state index contributed by atoms with van der Waals surface area (Å²) in [6.07, 6.45) is 0.600. The molecule has 21 heavy (non-hydrogen) atoms. The van der Waals surface area contributed by atoms with Crippen LogP contribution in [-0.2, 0) is 14.4 Å². The number of hydrogen-bond donors (Lipinski definition) is 2. The van der Waals surface area contributed by atoms with E-state index in [1.54, 1.807) is 18.7 Å². The maximum absolute atomic E-state index is 12.7. The van der Waals surface area contributed by atoms with E-state index < -0.39 is 29.3 Å². The highest BCUT2D eigenvalue weighted by Gasteiger charge is 2.67. The molecule has 1 aliphatic heterocycles. The van der Waals surface area contributed by atoms with Gasteiger partial charge in [0.2, 0.25) is 11.8 Å². The van der Waals surface area contributed by atoms with E-state index >= 15 is 0 Å². The minimum Gasteiger partial charge on any atom is -0.481 e. The Morgan fingerprint density at radius 1 is 1.38 bits per heavy atom. The number of nitrogens with zero attached hydrogens (tertiary/aromatic N) is 1. The summed E-state index contributed by atoms with van der Waals surface area (Å²) in [5, 5.41) is 12.0. The van der Waals surface area contributed by atoms with Gasteiger partial charge in [0, 0.05) is 13.1 Å². The summed E-state index contributed by atoms with van der Waals surface area (Å²) in [4.78, 5) is 37.6. The Morgan fingerprint density at radius 3 is 2.48 bits per heavy atom. The van der Waals surface area contributed by atoms with Gasteiger partial charge >= 0.3 is 5.97 Å². The molecule has 0 aromatic carbocycles. The smallest absolute Gasteiger partial charge is 0.307 e. The molecule has 6 nitrogen and oxygen atoms in total. The van der Waals surface area contributed by atoms with E-state index in [9.17, 15) is 19.5 Å². The first-order valence-electron chi connectivity index (χ1n) is 7.49. The number of nitrogens with one attached hydrogen (secondary N) is 1. The van der Waals surface area contributed by atoms with Gasteiger partial charge in [-0.1, -0.05) is 27.7 Å². The lowest BCUT2D eigenvalue weighted by molar-refractivity contribution is -0.147.